The number of hydrogen-bond donors (Lipinski definition) is 1. The number of halogens is 1. The van der Waals surface area contributed by atoms with Crippen LogP contribution in [0, 0.1) is 5.82 Å². The summed E-state index contributed by atoms with van der Waals surface area (Å²) in [5.41, 5.74) is 5.93. The van der Waals surface area contributed by atoms with E-state index in [1.165, 1.54) is 39.9 Å². The van der Waals surface area contributed by atoms with Crippen LogP contribution in [0.5, 0.6) is 0 Å². The third-order valence-corrected chi connectivity index (χ3v) is 7.52. The summed E-state index contributed by atoms with van der Waals surface area (Å²) in [5, 5.41) is 0. The van der Waals surface area contributed by atoms with Gasteiger partial charge in [-0.2, -0.15) is 4.31 Å². The fraction of sp³-hybridized carbons (Fsp3) is 0.312. The lowest BCUT2D eigenvalue weighted by molar-refractivity contribution is 0.0698. The van der Waals surface area contributed by atoms with Crippen LogP contribution in [0.25, 0.3) is 0 Å². The number of carbonyl (C=O) groups is 1. The van der Waals surface area contributed by atoms with Crippen molar-refractivity contribution in [2.24, 2.45) is 5.73 Å². The van der Waals surface area contributed by atoms with Crippen LogP contribution < -0.4 is 5.73 Å². The molecule has 1 aliphatic heterocycles. The van der Waals surface area contributed by atoms with Crippen molar-refractivity contribution in [1.82, 2.24) is 9.21 Å². The fourth-order valence-corrected chi connectivity index (χ4v) is 5.45. The minimum Gasteiger partial charge on any atom is -0.336 e. The molecule has 2 heterocycles. The lowest BCUT2D eigenvalue weighted by atomic mass is 10.2. The highest BCUT2D eigenvalue weighted by Crippen LogP contribution is 2.25. The Labute approximate surface area is 149 Å². The maximum absolute atomic E-state index is 13.0. The van der Waals surface area contributed by atoms with Gasteiger partial charge in [0.1, 0.15) is 10.0 Å². The number of nitrogens with zero attached hydrogens (tertiary/aromatic N) is 2. The first-order chi connectivity index (χ1) is 11.9. The van der Waals surface area contributed by atoms with Crippen LogP contribution in [0.15, 0.2) is 40.6 Å². The van der Waals surface area contributed by atoms with Gasteiger partial charge in [0, 0.05) is 43.2 Å². The van der Waals surface area contributed by atoms with Crippen LogP contribution in [-0.4, -0.2) is 49.7 Å². The van der Waals surface area contributed by atoms with Crippen molar-refractivity contribution < 1.29 is 17.6 Å². The number of sulfonamides is 1. The first-order valence-electron chi connectivity index (χ1n) is 7.75. The third kappa shape index (κ3) is 3.74. The molecular formula is C16H18FN3O3S2. The van der Waals surface area contributed by atoms with E-state index in [-0.39, 0.29) is 23.2 Å². The Morgan fingerprint density at radius 1 is 1.08 bits per heavy atom. The summed E-state index contributed by atoms with van der Waals surface area (Å²) in [5.74, 6) is -0.626. The second-order valence-electron chi connectivity index (χ2n) is 5.63. The van der Waals surface area contributed by atoms with Crippen LogP contribution in [0.3, 0.4) is 0 Å². The first kappa shape index (κ1) is 18.0. The van der Waals surface area contributed by atoms with E-state index in [9.17, 15) is 17.6 Å². The van der Waals surface area contributed by atoms with Gasteiger partial charge in [-0.15, -0.1) is 11.3 Å². The minimum absolute atomic E-state index is 0.224. The van der Waals surface area contributed by atoms with E-state index >= 15 is 0 Å². The van der Waals surface area contributed by atoms with Gasteiger partial charge in [0.25, 0.3) is 15.9 Å². The van der Waals surface area contributed by atoms with Gasteiger partial charge >= 0.3 is 0 Å². The predicted octanol–water partition coefficient (Wildman–Crippen LogP) is 1.49. The van der Waals surface area contributed by atoms with Crippen LogP contribution in [-0.2, 0) is 16.6 Å². The SMILES string of the molecule is NCc1ccc(S(=O)(=O)N2CCN(C(=O)c3ccc(F)cc3)CC2)s1. The molecule has 1 aliphatic rings. The number of hydrogen-bond acceptors (Lipinski definition) is 5. The number of carbonyl (C=O) groups excluding carboxylic acids is 1. The van der Waals surface area contributed by atoms with Gasteiger partial charge in [0.05, 0.1) is 0 Å². The van der Waals surface area contributed by atoms with Gasteiger partial charge < -0.3 is 10.6 Å². The summed E-state index contributed by atoms with van der Waals surface area (Å²) in [4.78, 5) is 14.8. The Balaban J connectivity index is 1.67. The smallest absolute Gasteiger partial charge is 0.253 e. The Morgan fingerprint density at radius 3 is 2.28 bits per heavy atom. The zero-order chi connectivity index (χ0) is 18.0. The van der Waals surface area contributed by atoms with Crippen LogP contribution in [0.1, 0.15) is 15.2 Å². The first-order valence-corrected chi connectivity index (χ1v) is 10.0. The standard InChI is InChI=1S/C16H18FN3O3S2/c17-13-3-1-12(2-4-13)16(21)19-7-9-20(10-8-19)25(22,23)15-6-5-14(11-18)24-15/h1-6H,7-11,18H2. The molecule has 2 N–H and O–H groups in total. The topological polar surface area (TPSA) is 83.7 Å². The number of piperazine rings is 1. The molecule has 0 saturated carbocycles. The number of benzene rings is 1. The number of amides is 1. The average Bonchev–Trinajstić information content (AvgIpc) is 3.12. The largest absolute Gasteiger partial charge is 0.336 e. The maximum Gasteiger partial charge on any atom is 0.253 e. The monoisotopic (exact) mass is 383 g/mol. The highest BCUT2D eigenvalue weighted by atomic mass is 32.2. The minimum atomic E-state index is -3.56. The van der Waals surface area contributed by atoms with Crippen molar-refractivity contribution in [3.8, 4) is 0 Å². The lowest BCUT2D eigenvalue weighted by Gasteiger charge is -2.33. The molecule has 6 nitrogen and oxygen atoms in total. The molecule has 0 aliphatic carbocycles. The number of thiophene rings is 1. The van der Waals surface area contributed by atoms with Crippen molar-refractivity contribution in [2.75, 3.05) is 26.2 Å². The highest BCUT2D eigenvalue weighted by molar-refractivity contribution is 7.91. The van der Waals surface area contributed by atoms with Crippen LogP contribution in [0.2, 0.25) is 0 Å². The fourth-order valence-electron chi connectivity index (χ4n) is 2.64. The molecule has 1 aromatic carbocycles. The van der Waals surface area contributed by atoms with Gasteiger partial charge in [0.15, 0.2) is 0 Å². The summed E-state index contributed by atoms with van der Waals surface area (Å²) in [6.07, 6.45) is 0. The van der Waals surface area contributed by atoms with Crippen LogP contribution in [0.4, 0.5) is 4.39 Å². The summed E-state index contributed by atoms with van der Waals surface area (Å²) < 4.78 is 39.9. The molecule has 0 atom stereocenters. The molecule has 0 unspecified atom stereocenters. The lowest BCUT2D eigenvalue weighted by Crippen LogP contribution is -2.50. The highest BCUT2D eigenvalue weighted by Gasteiger charge is 2.31. The number of rotatable bonds is 4. The van der Waals surface area contributed by atoms with E-state index in [1.54, 1.807) is 17.0 Å². The normalized spacial score (nSPS) is 16.2. The summed E-state index contributed by atoms with van der Waals surface area (Å²) in [7, 11) is -3.56. The quantitative estimate of drug-likeness (QED) is 0.867. The van der Waals surface area contributed by atoms with E-state index in [2.05, 4.69) is 0 Å². The molecule has 3 rings (SSSR count). The Morgan fingerprint density at radius 2 is 1.72 bits per heavy atom. The van der Waals surface area contributed by atoms with E-state index in [4.69, 9.17) is 5.73 Å². The van der Waals surface area contributed by atoms with Crippen molar-refractivity contribution in [3.63, 3.8) is 0 Å². The van der Waals surface area contributed by atoms with Gasteiger partial charge in [-0.1, -0.05) is 0 Å². The van der Waals surface area contributed by atoms with E-state index in [0.717, 1.165) is 4.88 Å². The van der Waals surface area contributed by atoms with E-state index < -0.39 is 15.8 Å². The Hall–Kier alpha value is -1.81. The Kier molecular flexibility index (Phi) is 5.19. The van der Waals surface area contributed by atoms with Crippen molar-refractivity contribution >= 4 is 27.3 Å². The Bertz CT molecular complexity index is 857. The summed E-state index contributed by atoms with van der Waals surface area (Å²) in [6, 6.07) is 8.62. The summed E-state index contributed by atoms with van der Waals surface area (Å²) >= 11 is 1.17. The van der Waals surface area contributed by atoms with E-state index in [0.29, 0.717) is 25.2 Å². The molecular weight excluding hydrogens is 365 g/mol. The predicted molar refractivity (Wildman–Crippen MR) is 93.3 cm³/mol. The molecule has 0 spiro atoms. The van der Waals surface area contributed by atoms with Gasteiger partial charge in [-0.3, -0.25) is 4.79 Å². The maximum atomic E-state index is 13.0. The second kappa shape index (κ2) is 7.20. The molecule has 0 radical (unpaired) electrons. The molecule has 1 fully saturated rings. The summed E-state index contributed by atoms with van der Waals surface area (Å²) in [6.45, 7) is 1.35. The van der Waals surface area contributed by atoms with Crippen molar-refractivity contribution in [3.05, 3.63) is 52.7 Å². The molecule has 134 valence electrons. The molecule has 25 heavy (non-hydrogen) atoms. The number of nitrogens with two attached hydrogens (primary N) is 1. The molecule has 2 aromatic rings. The second-order valence-corrected chi connectivity index (χ2v) is 8.96. The van der Waals surface area contributed by atoms with Crippen molar-refractivity contribution in [1.29, 1.82) is 0 Å². The average molecular weight is 383 g/mol. The molecule has 1 amide bonds. The molecule has 1 saturated heterocycles. The third-order valence-electron chi connectivity index (χ3n) is 4.05. The van der Waals surface area contributed by atoms with Gasteiger partial charge in [-0.25, -0.2) is 12.8 Å². The zero-order valence-electron chi connectivity index (χ0n) is 13.4. The van der Waals surface area contributed by atoms with Crippen molar-refractivity contribution in [2.45, 2.75) is 10.8 Å². The molecule has 9 heteroatoms. The van der Waals surface area contributed by atoms with Crippen LogP contribution >= 0.6 is 11.3 Å². The van der Waals surface area contributed by atoms with Gasteiger partial charge in [0.2, 0.25) is 0 Å². The zero-order valence-corrected chi connectivity index (χ0v) is 15.0. The van der Waals surface area contributed by atoms with Gasteiger partial charge in [-0.05, 0) is 36.4 Å². The van der Waals surface area contributed by atoms with E-state index in [1.807, 2.05) is 0 Å². The molecule has 1 aromatic heterocycles. The molecule has 0 bridgehead atoms.